The number of hydrogen-bond acceptors (Lipinski definition) is 0. The molecule has 0 N–H and O–H groups in total. The van der Waals surface area contributed by atoms with E-state index < -0.39 is 0 Å². The normalized spacial score (nSPS) is 17.1. The van der Waals surface area contributed by atoms with Gasteiger partial charge in [-0.2, -0.15) is 0 Å². The average molecular weight is 228 g/mol. The number of aryl methyl sites for hydroxylation is 2. The lowest BCUT2D eigenvalue weighted by Crippen LogP contribution is -2.04. The standard InChI is InChI=1S/C17H24/c1-3-4-5-8-14(2)16-12-11-15-9-6-7-10-17(15)13-16/h4-5,11-14H,3,6-10H2,1-2H3/b5-4-. The lowest BCUT2D eigenvalue weighted by molar-refractivity contribution is 0.680. The molecule has 0 heteroatoms. The summed E-state index contributed by atoms with van der Waals surface area (Å²) < 4.78 is 0. The molecular formula is C17H24. The number of benzene rings is 1. The van der Waals surface area contributed by atoms with Crippen LogP contribution in [0.25, 0.3) is 0 Å². The van der Waals surface area contributed by atoms with Crippen molar-refractivity contribution in [2.75, 3.05) is 0 Å². The predicted molar refractivity (Wildman–Crippen MR) is 75.5 cm³/mol. The molecule has 0 heterocycles. The van der Waals surface area contributed by atoms with Crippen molar-refractivity contribution in [2.24, 2.45) is 0 Å². The maximum absolute atomic E-state index is 2.46. The molecule has 0 saturated carbocycles. The fraction of sp³-hybridized carbons (Fsp3) is 0.529. The van der Waals surface area contributed by atoms with Crippen molar-refractivity contribution in [3.8, 4) is 0 Å². The fourth-order valence-corrected chi connectivity index (χ4v) is 2.66. The van der Waals surface area contributed by atoms with Crippen molar-refractivity contribution in [1.29, 1.82) is 0 Å². The Hall–Kier alpha value is -1.04. The molecule has 0 radical (unpaired) electrons. The number of rotatable bonds is 4. The molecule has 0 aliphatic heterocycles. The van der Waals surface area contributed by atoms with Crippen LogP contribution in [0.1, 0.15) is 62.1 Å². The lowest BCUT2D eigenvalue weighted by Gasteiger charge is -2.18. The second-order valence-electron chi connectivity index (χ2n) is 5.25. The van der Waals surface area contributed by atoms with Gasteiger partial charge in [0.15, 0.2) is 0 Å². The Morgan fingerprint density at radius 2 is 1.88 bits per heavy atom. The van der Waals surface area contributed by atoms with E-state index in [-0.39, 0.29) is 0 Å². The Bertz CT molecular complexity index is 387. The van der Waals surface area contributed by atoms with E-state index in [0.29, 0.717) is 5.92 Å². The third kappa shape index (κ3) is 3.21. The Labute approximate surface area is 106 Å². The summed E-state index contributed by atoms with van der Waals surface area (Å²) in [6.07, 6.45) is 12.3. The lowest BCUT2D eigenvalue weighted by atomic mass is 9.87. The second-order valence-corrected chi connectivity index (χ2v) is 5.25. The van der Waals surface area contributed by atoms with Crippen LogP contribution in [-0.2, 0) is 12.8 Å². The van der Waals surface area contributed by atoms with Gasteiger partial charge < -0.3 is 0 Å². The van der Waals surface area contributed by atoms with Gasteiger partial charge in [-0.1, -0.05) is 44.2 Å². The SMILES string of the molecule is CC/C=C\CC(C)c1ccc2c(c1)CCCC2. The predicted octanol–water partition coefficient (Wildman–Crippen LogP) is 5.03. The monoisotopic (exact) mass is 228 g/mol. The van der Waals surface area contributed by atoms with Crippen LogP contribution in [0.15, 0.2) is 30.4 Å². The average Bonchev–Trinajstić information content (AvgIpc) is 2.38. The van der Waals surface area contributed by atoms with Gasteiger partial charge >= 0.3 is 0 Å². The van der Waals surface area contributed by atoms with Crippen LogP contribution in [0.5, 0.6) is 0 Å². The van der Waals surface area contributed by atoms with Crippen molar-refractivity contribution >= 4 is 0 Å². The van der Waals surface area contributed by atoms with Crippen LogP contribution >= 0.6 is 0 Å². The van der Waals surface area contributed by atoms with Crippen molar-refractivity contribution in [3.05, 3.63) is 47.0 Å². The summed E-state index contributed by atoms with van der Waals surface area (Å²) in [7, 11) is 0. The zero-order chi connectivity index (χ0) is 12.1. The summed E-state index contributed by atoms with van der Waals surface area (Å²) in [4.78, 5) is 0. The summed E-state index contributed by atoms with van der Waals surface area (Å²) in [5.41, 5.74) is 4.72. The van der Waals surface area contributed by atoms with Gasteiger partial charge in [0.2, 0.25) is 0 Å². The van der Waals surface area contributed by atoms with Crippen molar-refractivity contribution in [2.45, 2.75) is 58.3 Å². The molecule has 0 aromatic heterocycles. The van der Waals surface area contributed by atoms with Gasteiger partial charge in [-0.25, -0.2) is 0 Å². The van der Waals surface area contributed by atoms with Gasteiger partial charge in [0, 0.05) is 0 Å². The number of fused-ring (bicyclic) bond motifs is 1. The zero-order valence-electron chi connectivity index (χ0n) is 11.2. The highest BCUT2D eigenvalue weighted by Crippen LogP contribution is 2.27. The van der Waals surface area contributed by atoms with E-state index in [1.54, 1.807) is 11.1 Å². The maximum atomic E-state index is 2.46. The molecule has 92 valence electrons. The Morgan fingerprint density at radius 1 is 1.12 bits per heavy atom. The summed E-state index contributed by atoms with van der Waals surface area (Å²) in [5.74, 6) is 0.657. The van der Waals surface area contributed by atoms with Crippen molar-refractivity contribution in [3.63, 3.8) is 0 Å². The molecule has 1 atom stereocenters. The van der Waals surface area contributed by atoms with Gasteiger partial charge in [-0.15, -0.1) is 0 Å². The molecule has 0 amide bonds. The van der Waals surface area contributed by atoms with Crippen LogP contribution < -0.4 is 0 Å². The Kier molecular flexibility index (Phi) is 4.42. The fourth-order valence-electron chi connectivity index (χ4n) is 2.66. The minimum Gasteiger partial charge on any atom is -0.0888 e. The zero-order valence-corrected chi connectivity index (χ0v) is 11.2. The van der Waals surface area contributed by atoms with Gasteiger partial charge in [-0.05, 0) is 61.1 Å². The first-order valence-electron chi connectivity index (χ1n) is 7.08. The minimum atomic E-state index is 0.657. The van der Waals surface area contributed by atoms with Crippen LogP contribution in [0.3, 0.4) is 0 Å². The first kappa shape index (κ1) is 12.4. The first-order chi connectivity index (χ1) is 8.31. The van der Waals surface area contributed by atoms with Crippen LogP contribution in [0.4, 0.5) is 0 Å². The van der Waals surface area contributed by atoms with E-state index in [4.69, 9.17) is 0 Å². The molecular weight excluding hydrogens is 204 g/mol. The second kappa shape index (κ2) is 6.05. The number of hydrogen-bond donors (Lipinski definition) is 0. The summed E-state index contributed by atoms with van der Waals surface area (Å²) in [5, 5.41) is 0. The molecule has 17 heavy (non-hydrogen) atoms. The summed E-state index contributed by atoms with van der Waals surface area (Å²) in [6, 6.07) is 7.16. The van der Waals surface area contributed by atoms with Gasteiger partial charge in [0.05, 0.1) is 0 Å². The summed E-state index contributed by atoms with van der Waals surface area (Å²) >= 11 is 0. The highest BCUT2D eigenvalue weighted by atomic mass is 14.2. The quantitative estimate of drug-likeness (QED) is 0.634. The first-order valence-corrected chi connectivity index (χ1v) is 7.08. The van der Waals surface area contributed by atoms with Gasteiger partial charge in [0.25, 0.3) is 0 Å². The van der Waals surface area contributed by atoms with Gasteiger partial charge in [-0.3, -0.25) is 0 Å². The molecule has 1 aromatic carbocycles. The third-order valence-electron chi connectivity index (χ3n) is 3.83. The highest BCUT2D eigenvalue weighted by Gasteiger charge is 2.11. The molecule has 0 fully saturated rings. The van der Waals surface area contributed by atoms with E-state index in [1.165, 1.54) is 37.7 Å². The molecule has 0 nitrogen and oxygen atoms in total. The highest BCUT2D eigenvalue weighted by molar-refractivity contribution is 5.35. The van der Waals surface area contributed by atoms with E-state index in [1.807, 2.05) is 0 Å². The van der Waals surface area contributed by atoms with E-state index >= 15 is 0 Å². The maximum Gasteiger partial charge on any atom is -0.0156 e. The third-order valence-corrected chi connectivity index (χ3v) is 3.83. The molecule has 0 saturated heterocycles. The molecule has 1 aromatic rings. The number of allylic oxidation sites excluding steroid dienone is 2. The molecule has 0 bridgehead atoms. The van der Waals surface area contributed by atoms with E-state index in [2.05, 4.69) is 44.2 Å². The largest absolute Gasteiger partial charge is 0.0888 e. The van der Waals surface area contributed by atoms with E-state index in [0.717, 1.165) is 6.42 Å². The molecule has 1 aliphatic rings. The van der Waals surface area contributed by atoms with E-state index in [9.17, 15) is 0 Å². The minimum absolute atomic E-state index is 0.657. The van der Waals surface area contributed by atoms with Crippen LogP contribution in [0.2, 0.25) is 0 Å². The Balaban J connectivity index is 2.08. The topological polar surface area (TPSA) is 0 Å². The van der Waals surface area contributed by atoms with Gasteiger partial charge in [0.1, 0.15) is 0 Å². The smallest absolute Gasteiger partial charge is 0.0156 e. The summed E-state index contributed by atoms with van der Waals surface area (Å²) in [6.45, 7) is 4.53. The van der Waals surface area contributed by atoms with Crippen LogP contribution in [0, 0.1) is 0 Å². The van der Waals surface area contributed by atoms with Crippen molar-refractivity contribution in [1.82, 2.24) is 0 Å². The van der Waals surface area contributed by atoms with Crippen molar-refractivity contribution < 1.29 is 0 Å². The molecule has 1 aliphatic carbocycles. The Morgan fingerprint density at radius 3 is 2.65 bits per heavy atom. The molecule has 2 rings (SSSR count). The molecule has 0 spiro atoms. The van der Waals surface area contributed by atoms with Crippen LogP contribution in [-0.4, -0.2) is 0 Å². The molecule has 1 unspecified atom stereocenters.